The van der Waals surface area contributed by atoms with Crippen molar-refractivity contribution in [1.29, 1.82) is 0 Å². The van der Waals surface area contributed by atoms with E-state index in [2.05, 4.69) is 5.32 Å². The molecule has 0 amide bonds. The summed E-state index contributed by atoms with van der Waals surface area (Å²) in [6, 6.07) is 8.31. The predicted octanol–water partition coefficient (Wildman–Crippen LogP) is 3.42. The summed E-state index contributed by atoms with van der Waals surface area (Å²) in [5, 5.41) is 12.5. The molecule has 0 bridgehead atoms. The summed E-state index contributed by atoms with van der Waals surface area (Å²) in [6.07, 6.45) is 1.58. The molecule has 0 fully saturated rings. The molecule has 5 heteroatoms. The van der Waals surface area contributed by atoms with Gasteiger partial charge in [-0.05, 0) is 51.5 Å². The molecule has 0 spiro atoms. The second kappa shape index (κ2) is 9.56. The maximum atomic E-state index is 12.4. The fraction of sp³-hybridized carbons (Fsp3) is 0.600. The number of hydrogen-bond acceptors (Lipinski definition) is 4. The topological polar surface area (TPSA) is 75.6 Å². The SMILES string of the molecule is CC(C)C[C@H](N[C@H](CCc1ccccc1)C(=O)O)C(=O)OC(C)(C)C. The zero-order valence-electron chi connectivity index (χ0n) is 15.9. The molecule has 1 aromatic carbocycles. The van der Waals surface area contributed by atoms with E-state index in [-0.39, 0.29) is 5.92 Å². The number of aryl methyl sites for hydroxylation is 1. The van der Waals surface area contributed by atoms with E-state index in [9.17, 15) is 14.7 Å². The summed E-state index contributed by atoms with van der Waals surface area (Å²) in [4.78, 5) is 24.1. The van der Waals surface area contributed by atoms with Crippen molar-refractivity contribution in [2.45, 2.75) is 71.6 Å². The lowest BCUT2D eigenvalue weighted by Crippen LogP contribution is -2.49. The van der Waals surface area contributed by atoms with Crippen LogP contribution in [0.3, 0.4) is 0 Å². The minimum absolute atomic E-state index is 0.244. The van der Waals surface area contributed by atoms with Crippen LogP contribution in [0.25, 0.3) is 0 Å². The van der Waals surface area contributed by atoms with Gasteiger partial charge in [0.2, 0.25) is 0 Å². The zero-order chi connectivity index (χ0) is 19.0. The first-order valence-corrected chi connectivity index (χ1v) is 8.84. The van der Waals surface area contributed by atoms with Crippen molar-refractivity contribution in [3.05, 3.63) is 35.9 Å². The maximum absolute atomic E-state index is 12.4. The average molecular weight is 349 g/mol. The van der Waals surface area contributed by atoms with E-state index in [0.29, 0.717) is 19.3 Å². The first kappa shape index (κ1) is 21.2. The Balaban J connectivity index is 2.77. The molecule has 0 aromatic heterocycles. The van der Waals surface area contributed by atoms with Gasteiger partial charge in [-0.15, -0.1) is 0 Å². The fourth-order valence-electron chi connectivity index (χ4n) is 2.55. The molecule has 0 radical (unpaired) electrons. The minimum atomic E-state index is -0.951. The van der Waals surface area contributed by atoms with Crippen LogP contribution in [-0.4, -0.2) is 34.7 Å². The van der Waals surface area contributed by atoms with Crippen LogP contribution in [0.15, 0.2) is 30.3 Å². The van der Waals surface area contributed by atoms with Gasteiger partial charge in [-0.2, -0.15) is 0 Å². The molecule has 1 rings (SSSR count). The summed E-state index contributed by atoms with van der Waals surface area (Å²) < 4.78 is 5.45. The third-order valence-electron chi connectivity index (χ3n) is 3.66. The Hall–Kier alpha value is -1.88. The third-order valence-corrected chi connectivity index (χ3v) is 3.66. The van der Waals surface area contributed by atoms with Crippen LogP contribution in [0.5, 0.6) is 0 Å². The van der Waals surface area contributed by atoms with E-state index < -0.39 is 29.6 Å². The molecular weight excluding hydrogens is 318 g/mol. The summed E-state index contributed by atoms with van der Waals surface area (Å²) >= 11 is 0. The van der Waals surface area contributed by atoms with Crippen molar-refractivity contribution >= 4 is 11.9 Å². The number of rotatable bonds is 9. The Morgan fingerprint density at radius 3 is 2.20 bits per heavy atom. The Labute approximate surface area is 150 Å². The molecule has 2 N–H and O–H groups in total. The first-order valence-electron chi connectivity index (χ1n) is 8.84. The van der Waals surface area contributed by atoms with Crippen LogP contribution in [0.2, 0.25) is 0 Å². The van der Waals surface area contributed by atoms with Crippen molar-refractivity contribution < 1.29 is 19.4 Å². The number of carboxylic acids is 1. The number of hydrogen-bond donors (Lipinski definition) is 2. The highest BCUT2D eigenvalue weighted by atomic mass is 16.6. The lowest BCUT2D eigenvalue weighted by atomic mass is 10.00. The van der Waals surface area contributed by atoms with Gasteiger partial charge >= 0.3 is 11.9 Å². The molecule has 1 aromatic rings. The van der Waals surface area contributed by atoms with Gasteiger partial charge in [0.25, 0.3) is 0 Å². The van der Waals surface area contributed by atoms with Crippen LogP contribution in [-0.2, 0) is 20.7 Å². The van der Waals surface area contributed by atoms with E-state index in [1.165, 1.54) is 0 Å². The van der Waals surface area contributed by atoms with Gasteiger partial charge in [-0.1, -0.05) is 44.2 Å². The number of carbonyl (C=O) groups excluding carboxylic acids is 1. The average Bonchev–Trinajstić information content (AvgIpc) is 2.48. The maximum Gasteiger partial charge on any atom is 0.323 e. The lowest BCUT2D eigenvalue weighted by Gasteiger charge is -2.27. The van der Waals surface area contributed by atoms with E-state index in [1.54, 1.807) is 20.8 Å². The normalized spacial score (nSPS) is 14.2. The van der Waals surface area contributed by atoms with E-state index in [4.69, 9.17) is 4.74 Å². The second-order valence-electron chi connectivity index (χ2n) is 7.80. The second-order valence-corrected chi connectivity index (χ2v) is 7.80. The van der Waals surface area contributed by atoms with Crippen LogP contribution in [0.1, 0.15) is 53.0 Å². The molecule has 0 aliphatic heterocycles. The minimum Gasteiger partial charge on any atom is -0.480 e. The number of aliphatic carboxylic acids is 1. The van der Waals surface area contributed by atoms with Crippen LogP contribution >= 0.6 is 0 Å². The molecule has 0 unspecified atom stereocenters. The largest absolute Gasteiger partial charge is 0.480 e. The molecule has 0 saturated heterocycles. The number of esters is 1. The molecule has 0 aliphatic rings. The van der Waals surface area contributed by atoms with Gasteiger partial charge in [0.15, 0.2) is 0 Å². The molecule has 25 heavy (non-hydrogen) atoms. The number of ether oxygens (including phenoxy) is 1. The number of carbonyl (C=O) groups is 2. The van der Waals surface area contributed by atoms with Gasteiger partial charge in [-0.25, -0.2) is 0 Å². The first-order chi connectivity index (χ1) is 11.6. The van der Waals surface area contributed by atoms with Crippen molar-refractivity contribution in [2.24, 2.45) is 5.92 Å². The monoisotopic (exact) mass is 349 g/mol. The zero-order valence-corrected chi connectivity index (χ0v) is 15.9. The molecule has 2 atom stereocenters. The summed E-state index contributed by atoms with van der Waals surface area (Å²) in [6.45, 7) is 9.42. The summed E-state index contributed by atoms with van der Waals surface area (Å²) in [7, 11) is 0. The van der Waals surface area contributed by atoms with Crippen molar-refractivity contribution in [3.8, 4) is 0 Å². The molecule has 5 nitrogen and oxygen atoms in total. The molecule has 140 valence electrons. The Morgan fingerprint density at radius 1 is 1.12 bits per heavy atom. The highest BCUT2D eigenvalue weighted by molar-refractivity contribution is 5.79. The van der Waals surface area contributed by atoms with Crippen LogP contribution in [0.4, 0.5) is 0 Å². The number of carboxylic acid groups (broad SMARTS) is 1. The number of benzene rings is 1. The highest BCUT2D eigenvalue weighted by Gasteiger charge is 2.30. The Kier molecular flexibility index (Phi) is 8.10. The molecule has 0 heterocycles. The van der Waals surface area contributed by atoms with E-state index >= 15 is 0 Å². The molecule has 0 aliphatic carbocycles. The van der Waals surface area contributed by atoms with Crippen LogP contribution in [0, 0.1) is 5.92 Å². The Morgan fingerprint density at radius 2 is 1.72 bits per heavy atom. The van der Waals surface area contributed by atoms with Crippen LogP contribution < -0.4 is 5.32 Å². The predicted molar refractivity (Wildman–Crippen MR) is 98.4 cm³/mol. The quantitative estimate of drug-likeness (QED) is 0.668. The van der Waals surface area contributed by atoms with Gasteiger partial charge < -0.3 is 9.84 Å². The fourth-order valence-corrected chi connectivity index (χ4v) is 2.55. The standard InChI is InChI=1S/C20H31NO4/c1-14(2)13-17(19(24)25-20(3,4)5)21-16(18(22)23)12-11-15-9-7-6-8-10-15/h6-10,14,16-17,21H,11-13H2,1-5H3,(H,22,23)/t16-,17+/m1/s1. The highest BCUT2D eigenvalue weighted by Crippen LogP contribution is 2.15. The van der Waals surface area contributed by atoms with E-state index in [0.717, 1.165) is 5.56 Å². The smallest absolute Gasteiger partial charge is 0.323 e. The third kappa shape index (κ3) is 8.68. The lowest BCUT2D eigenvalue weighted by molar-refractivity contribution is -0.158. The number of nitrogens with one attached hydrogen (secondary N) is 1. The van der Waals surface area contributed by atoms with E-state index in [1.807, 2.05) is 44.2 Å². The van der Waals surface area contributed by atoms with Crippen molar-refractivity contribution in [1.82, 2.24) is 5.32 Å². The van der Waals surface area contributed by atoms with Gasteiger partial charge in [-0.3, -0.25) is 14.9 Å². The van der Waals surface area contributed by atoms with Crippen molar-refractivity contribution in [2.75, 3.05) is 0 Å². The van der Waals surface area contributed by atoms with Gasteiger partial charge in [0, 0.05) is 0 Å². The Bertz CT molecular complexity index is 549. The van der Waals surface area contributed by atoms with Gasteiger partial charge in [0.1, 0.15) is 17.7 Å². The van der Waals surface area contributed by atoms with Crippen molar-refractivity contribution in [3.63, 3.8) is 0 Å². The molecular formula is C20H31NO4. The summed E-state index contributed by atoms with van der Waals surface area (Å²) in [5.74, 6) is -1.10. The summed E-state index contributed by atoms with van der Waals surface area (Å²) in [5.41, 5.74) is 0.477. The van der Waals surface area contributed by atoms with Gasteiger partial charge in [0.05, 0.1) is 0 Å². The molecule has 0 saturated carbocycles.